The fourth-order valence-electron chi connectivity index (χ4n) is 4.01. The SMILES string of the molecule is CC(C)(C)CNc1c(C#N)cnc2c(Cl)cc(NC(C3=CN(C(F)(F)C(N)=O)NN3)c3cccc(C#N)c3)cc12. The number of pyridine rings is 1. The molecule has 206 valence electrons. The number of hydrazine groups is 2. The lowest BCUT2D eigenvalue weighted by Crippen LogP contribution is -2.54. The number of hydrogen-bond acceptors (Lipinski definition) is 9. The second-order valence-corrected chi connectivity index (χ2v) is 10.7. The Kier molecular flexibility index (Phi) is 7.69. The van der Waals surface area contributed by atoms with Gasteiger partial charge in [-0.2, -0.15) is 19.3 Å². The number of benzene rings is 2. The molecule has 0 saturated carbocycles. The number of aromatic nitrogens is 1. The number of amides is 1. The van der Waals surface area contributed by atoms with Crippen LogP contribution in [0, 0.1) is 28.1 Å². The number of rotatable bonds is 8. The van der Waals surface area contributed by atoms with Crippen molar-refractivity contribution in [2.45, 2.75) is 32.9 Å². The fourth-order valence-corrected chi connectivity index (χ4v) is 4.28. The monoisotopic (exact) mass is 565 g/mol. The summed E-state index contributed by atoms with van der Waals surface area (Å²) in [5, 5.41) is 26.9. The van der Waals surface area contributed by atoms with Crippen molar-refractivity contribution in [2.75, 3.05) is 17.2 Å². The summed E-state index contributed by atoms with van der Waals surface area (Å²) in [5.74, 6) is -1.84. The number of nitrogens with zero attached hydrogens (tertiary/aromatic N) is 4. The Balaban J connectivity index is 1.82. The van der Waals surface area contributed by atoms with E-state index in [4.69, 9.17) is 17.3 Å². The Labute approximate surface area is 234 Å². The van der Waals surface area contributed by atoms with Gasteiger partial charge in [0, 0.05) is 30.0 Å². The average Bonchev–Trinajstić information content (AvgIpc) is 3.40. The summed E-state index contributed by atoms with van der Waals surface area (Å²) in [5.41, 5.74) is 12.6. The van der Waals surface area contributed by atoms with Crippen LogP contribution in [0.2, 0.25) is 5.02 Å². The number of alkyl halides is 2. The van der Waals surface area contributed by atoms with E-state index in [-0.39, 0.29) is 16.1 Å². The molecule has 3 aromatic rings. The van der Waals surface area contributed by atoms with Crippen LogP contribution in [0.5, 0.6) is 0 Å². The number of halogens is 3. The molecule has 13 heteroatoms. The highest BCUT2D eigenvalue weighted by atomic mass is 35.5. The van der Waals surface area contributed by atoms with Crippen LogP contribution >= 0.6 is 11.6 Å². The Morgan fingerprint density at radius 3 is 2.62 bits per heavy atom. The van der Waals surface area contributed by atoms with E-state index in [0.29, 0.717) is 50.5 Å². The Morgan fingerprint density at radius 2 is 1.98 bits per heavy atom. The molecular formula is C27H26ClF2N9O. The molecule has 4 rings (SSSR count). The van der Waals surface area contributed by atoms with E-state index in [1.54, 1.807) is 36.4 Å². The lowest BCUT2D eigenvalue weighted by atomic mass is 9.96. The van der Waals surface area contributed by atoms with Crippen molar-refractivity contribution in [3.63, 3.8) is 0 Å². The van der Waals surface area contributed by atoms with Gasteiger partial charge in [0.05, 0.1) is 45.2 Å². The largest absolute Gasteiger partial charge is 0.418 e. The van der Waals surface area contributed by atoms with Crippen molar-refractivity contribution in [2.24, 2.45) is 11.1 Å². The number of nitriles is 2. The number of fused-ring (bicyclic) bond motifs is 1. The number of carbonyl (C=O) groups excluding carboxylic acids is 1. The molecule has 2 aromatic carbocycles. The van der Waals surface area contributed by atoms with E-state index in [1.807, 2.05) is 0 Å². The molecular weight excluding hydrogens is 540 g/mol. The van der Waals surface area contributed by atoms with Gasteiger partial charge in [0.2, 0.25) is 0 Å². The molecule has 1 unspecified atom stereocenters. The normalized spacial score (nSPS) is 14.1. The van der Waals surface area contributed by atoms with Gasteiger partial charge >= 0.3 is 12.0 Å². The van der Waals surface area contributed by atoms with Gasteiger partial charge in [-0.1, -0.05) is 44.5 Å². The zero-order chi connectivity index (χ0) is 29.2. The average molecular weight is 566 g/mol. The minimum Gasteiger partial charge on any atom is -0.383 e. The standard InChI is InChI=1S/C27H26ClF2N9O/c1-26(2,3)14-35-22-17(11-32)12-34-24-19(22)8-18(9-20(24)28)36-23(16-6-4-5-15(7-16)10-31)21-13-39(38-37-21)27(29,30)25(33)40/h4-9,12-13,23,36-38H,14H2,1-3H3,(H2,33,40)(H,34,35). The van der Waals surface area contributed by atoms with Crippen molar-refractivity contribution < 1.29 is 13.6 Å². The maximum absolute atomic E-state index is 14.3. The van der Waals surface area contributed by atoms with Crippen molar-refractivity contribution in [1.29, 1.82) is 10.5 Å². The molecule has 1 aliphatic heterocycles. The van der Waals surface area contributed by atoms with E-state index in [0.717, 1.165) is 6.20 Å². The molecule has 2 heterocycles. The Morgan fingerprint density at radius 1 is 1.23 bits per heavy atom. The number of hydrogen-bond donors (Lipinski definition) is 5. The van der Waals surface area contributed by atoms with Gasteiger partial charge < -0.3 is 21.8 Å². The van der Waals surface area contributed by atoms with Crippen LogP contribution in [0.15, 0.2) is 54.5 Å². The minimum absolute atomic E-state index is 0.0920. The molecule has 1 aromatic heterocycles. The van der Waals surface area contributed by atoms with Crippen LogP contribution in [0.1, 0.15) is 43.5 Å². The zero-order valence-corrected chi connectivity index (χ0v) is 22.6. The first-order chi connectivity index (χ1) is 18.8. The summed E-state index contributed by atoms with van der Waals surface area (Å²) in [7, 11) is 0. The minimum atomic E-state index is -4.02. The summed E-state index contributed by atoms with van der Waals surface area (Å²) >= 11 is 6.62. The van der Waals surface area contributed by atoms with Crippen molar-refractivity contribution >= 4 is 39.8 Å². The van der Waals surface area contributed by atoms with Crippen LogP contribution in [0.25, 0.3) is 10.9 Å². The molecule has 1 aliphatic rings. The topological polar surface area (TPSA) is 155 Å². The van der Waals surface area contributed by atoms with Crippen molar-refractivity contribution in [1.82, 2.24) is 21.0 Å². The third kappa shape index (κ3) is 5.83. The van der Waals surface area contributed by atoms with E-state index < -0.39 is 18.0 Å². The lowest BCUT2D eigenvalue weighted by molar-refractivity contribution is -0.174. The van der Waals surface area contributed by atoms with Crippen LogP contribution in [-0.4, -0.2) is 28.5 Å². The van der Waals surface area contributed by atoms with Crippen molar-refractivity contribution in [3.8, 4) is 12.1 Å². The van der Waals surface area contributed by atoms with Crippen LogP contribution in [0.3, 0.4) is 0 Å². The van der Waals surface area contributed by atoms with Gasteiger partial charge in [-0.15, -0.1) is 5.53 Å². The predicted molar refractivity (Wildman–Crippen MR) is 147 cm³/mol. The van der Waals surface area contributed by atoms with Gasteiger partial charge in [-0.3, -0.25) is 9.78 Å². The predicted octanol–water partition coefficient (Wildman–Crippen LogP) is 4.49. The molecule has 40 heavy (non-hydrogen) atoms. The first-order valence-corrected chi connectivity index (χ1v) is 12.4. The quantitative estimate of drug-likeness (QED) is 0.248. The first-order valence-electron chi connectivity index (χ1n) is 12.1. The van der Waals surface area contributed by atoms with E-state index in [9.17, 15) is 24.1 Å². The first kappa shape index (κ1) is 28.4. The van der Waals surface area contributed by atoms with Crippen LogP contribution < -0.4 is 27.3 Å². The fraction of sp³-hybridized carbons (Fsp3) is 0.259. The van der Waals surface area contributed by atoms with Crippen molar-refractivity contribution in [3.05, 3.63) is 76.2 Å². The maximum atomic E-state index is 14.3. The van der Waals surface area contributed by atoms with E-state index in [1.165, 1.54) is 6.20 Å². The number of primary amides is 1. The summed E-state index contributed by atoms with van der Waals surface area (Å²) in [6.45, 7) is 6.72. The molecule has 0 bridgehead atoms. The van der Waals surface area contributed by atoms with Gasteiger partial charge in [-0.25, -0.2) is 5.01 Å². The van der Waals surface area contributed by atoms with Gasteiger partial charge in [0.25, 0.3) is 0 Å². The van der Waals surface area contributed by atoms with Gasteiger partial charge in [-0.05, 0) is 35.2 Å². The second kappa shape index (κ2) is 10.8. The van der Waals surface area contributed by atoms with Gasteiger partial charge in [0.1, 0.15) is 6.07 Å². The van der Waals surface area contributed by atoms with E-state index in [2.05, 4.69) is 59.5 Å². The van der Waals surface area contributed by atoms with Crippen LogP contribution in [-0.2, 0) is 4.79 Å². The summed E-state index contributed by atoms with van der Waals surface area (Å²) in [6, 6.07) is 9.33. The van der Waals surface area contributed by atoms with Gasteiger partial charge in [0.15, 0.2) is 0 Å². The smallest absolute Gasteiger partial charge is 0.383 e. The highest BCUT2D eigenvalue weighted by molar-refractivity contribution is 6.35. The molecule has 6 N–H and O–H groups in total. The molecule has 1 amide bonds. The zero-order valence-electron chi connectivity index (χ0n) is 21.8. The lowest BCUT2D eigenvalue weighted by Gasteiger charge is -2.23. The molecule has 0 radical (unpaired) electrons. The molecule has 0 spiro atoms. The molecule has 0 aliphatic carbocycles. The third-order valence-corrected chi connectivity index (χ3v) is 6.29. The number of carbonyl (C=O) groups is 1. The Bertz CT molecular complexity index is 1590. The number of nitrogens with two attached hydrogens (primary N) is 1. The molecule has 1 atom stereocenters. The Hall–Kier alpha value is -4.65. The molecule has 0 saturated heterocycles. The third-order valence-electron chi connectivity index (χ3n) is 6.00. The van der Waals surface area contributed by atoms with Crippen LogP contribution in [0.4, 0.5) is 20.2 Å². The number of nitrogens with one attached hydrogen (secondary N) is 4. The molecule has 10 nitrogen and oxygen atoms in total. The highest BCUT2D eigenvalue weighted by Crippen LogP contribution is 2.36. The number of anilines is 2. The summed E-state index contributed by atoms with van der Waals surface area (Å²) in [6.07, 6.45) is 2.46. The van der Waals surface area contributed by atoms with E-state index >= 15 is 0 Å². The molecule has 0 fully saturated rings. The second-order valence-electron chi connectivity index (χ2n) is 10.3. The summed E-state index contributed by atoms with van der Waals surface area (Å²) in [4.78, 5) is 15.7. The maximum Gasteiger partial charge on any atom is 0.418 e. The summed E-state index contributed by atoms with van der Waals surface area (Å²) < 4.78 is 28.6. The highest BCUT2D eigenvalue weighted by Gasteiger charge is 2.45.